The third-order valence-electron chi connectivity index (χ3n) is 8.27. The van der Waals surface area contributed by atoms with Crippen LogP contribution in [-0.2, 0) is 43.2 Å². The Labute approximate surface area is 301 Å². The summed E-state index contributed by atoms with van der Waals surface area (Å²) in [6.07, 6.45) is 0.793. The van der Waals surface area contributed by atoms with E-state index >= 15 is 0 Å². The fourth-order valence-corrected chi connectivity index (χ4v) is 5.40. The average Bonchev–Trinajstić information content (AvgIpc) is 3.57. The van der Waals surface area contributed by atoms with E-state index < -0.39 is 109 Å². The molecule has 1 rings (SSSR count). The number of thiol groups is 1. The number of rotatable bonds is 23. The molecule has 1 aliphatic rings. The van der Waals surface area contributed by atoms with Crippen LogP contribution in [0.4, 0.5) is 0 Å². The van der Waals surface area contributed by atoms with E-state index in [1.54, 1.807) is 0 Å². The smallest absolute Gasteiger partial charge is 0.322 e. The number of amides is 8. The van der Waals surface area contributed by atoms with Gasteiger partial charge in [-0.25, -0.2) is 0 Å². The fraction of sp³-hybridized carbons (Fsp3) is 0.700. The van der Waals surface area contributed by atoms with Crippen LogP contribution in [-0.4, -0.2) is 125 Å². The number of carboxylic acid groups (broad SMARTS) is 1. The summed E-state index contributed by atoms with van der Waals surface area (Å²) >= 11 is 4.13. The quantitative estimate of drug-likeness (QED) is 0.0347. The molecule has 1 fully saturated rings. The summed E-state index contributed by atoms with van der Waals surface area (Å²) in [4.78, 5) is 115. The van der Waals surface area contributed by atoms with Gasteiger partial charge in [-0.15, -0.1) is 0 Å². The molecule has 0 radical (unpaired) electrons. The molecule has 8 amide bonds. The van der Waals surface area contributed by atoms with Crippen LogP contribution < -0.4 is 49.5 Å². The van der Waals surface area contributed by atoms with Gasteiger partial charge in [0, 0.05) is 12.3 Å². The van der Waals surface area contributed by atoms with Crippen molar-refractivity contribution in [2.45, 2.75) is 101 Å². The fourth-order valence-electron chi connectivity index (χ4n) is 5.14. The van der Waals surface area contributed by atoms with Gasteiger partial charge in [0.25, 0.3) is 0 Å². The molecule has 0 spiro atoms. The van der Waals surface area contributed by atoms with Crippen molar-refractivity contribution in [1.29, 1.82) is 0 Å². The van der Waals surface area contributed by atoms with Crippen molar-refractivity contribution in [2.75, 3.05) is 25.4 Å². The van der Waals surface area contributed by atoms with E-state index in [2.05, 4.69) is 39.2 Å². The minimum Gasteiger partial charge on any atom is -0.480 e. The van der Waals surface area contributed by atoms with Gasteiger partial charge in [0.15, 0.2) is 0 Å². The van der Waals surface area contributed by atoms with Gasteiger partial charge in [-0.3, -0.25) is 43.2 Å². The van der Waals surface area contributed by atoms with E-state index in [0.29, 0.717) is 38.6 Å². The SMILES string of the molecule is CC[C@H](C)[C@H](N)C(=O)N1CCC[C@H]1C(=O)N[C@@H](CS)C(=O)N[C@@H](CC(N)=O)C(=O)N[C@@H](CC(N)=O)C(=O)N[C@@H](CCCCN)C(=O)NCC(=O)O. The molecule has 0 bridgehead atoms. The summed E-state index contributed by atoms with van der Waals surface area (Å²) in [7, 11) is 0. The van der Waals surface area contributed by atoms with Gasteiger partial charge in [-0.1, -0.05) is 20.3 Å². The molecule has 0 aliphatic carbocycles. The van der Waals surface area contributed by atoms with E-state index in [-0.39, 0.29) is 24.6 Å². The van der Waals surface area contributed by atoms with E-state index in [0.717, 1.165) is 0 Å². The van der Waals surface area contributed by atoms with Crippen LogP contribution in [0.15, 0.2) is 0 Å². The second-order valence-electron chi connectivity index (χ2n) is 12.3. The van der Waals surface area contributed by atoms with Crippen LogP contribution in [0.1, 0.15) is 65.2 Å². The molecule has 0 aromatic carbocycles. The maximum Gasteiger partial charge on any atom is 0.322 e. The lowest BCUT2D eigenvalue weighted by molar-refractivity contribution is -0.141. The van der Waals surface area contributed by atoms with Gasteiger partial charge in [0.1, 0.15) is 36.8 Å². The Balaban J connectivity index is 3.12. The standard InChI is InChI=1S/C30H52N10O10S/c1-3-15(2)24(34)30(50)40-10-6-8-20(40)29(49)39-19(14-51)28(48)38-18(12-22(33)42)27(47)37-17(11-21(32)41)26(46)36-16(7-4-5-9-31)25(45)35-13-23(43)44/h15-20,24,51H,3-14,31,34H2,1-2H3,(H2,32,41)(H2,33,42)(H,35,45)(H,36,46)(H,37,47)(H,38,48)(H,39,49)(H,43,44)/t15-,16-,17-,18-,19-,20-,24-/m0/s1. The molecular weight excluding hydrogens is 692 g/mol. The number of nitrogens with zero attached hydrogens (tertiary/aromatic N) is 1. The molecule has 288 valence electrons. The van der Waals surface area contributed by atoms with Crippen molar-refractivity contribution >= 4 is 65.9 Å². The Morgan fingerprint density at radius 1 is 0.824 bits per heavy atom. The van der Waals surface area contributed by atoms with Gasteiger partial charge in [-0.2, -0.15) is 12.6 Å². The highest BCUT2D eigenvalue weighted by Crippen LogP contribution is 2.21. The van der Waals surface area contributed by atoms with Crippen molar-refractivity contribution in [3.8, 4) is 0 Å². The van der Waals surface area contributed by atoms with Crippen molar-refractivity contribution in [1.82, 2.24) is 31.5 Å². The van der Waals surface area contributed by atoms with Gasteiger partial charge >= 0.3 is 5.97 Å². The number of carboxylic acids is 1. The van der Waals surface area contributed by atoms with Gasteiger partial charge < -0.3 is 59.5 Å². The number of unbranched alkanes of at least 4 members (excludes halogenated alkanes) is 1. The predicted molar refractivity (Wildman–Crippen MR) is 185 cm³/mol. The monoisotopic (exact) mass is 744 g/mol. The number of nitrogens with one attached hydrogen (secondary N) is 5. The molecule has 51 heavy (non-hydrogen) atoms. The van der Waals surface area contributed by atoms with E-state index in [1.165, 1.54) is 4.90 Å². The number of carbonyl (C=O) groups is 9. The first-order valence-electron chi connectivity index (χ1n) is 16.6. The van der Waals surface area contributed by atoms with Gasteiger partial charge in [-0.05, 0) is 44.6 Å². The first-order chi connectivity index (χ1) is 24.0. The van der Waals surface area contributed by atoms with Crippen LogP contribution in [0.5, 0.6) is 0 Å². The van der Waals surface area contributed by atoms with E-state index in [9.17, 15) is 43.2 Å². The first kappa shape index (κ1) is 44.5. The molecule has 1 heterocycles. The molecule has 14 N–H and O–H groups in total. The number of hydrogen-bond donors (Lipinski definition) is 11. The van der Waals surface area contributed by atoms with E-state index in [1.807, 2.05) is 13.8 Å². The average molecular weight is 745 g/mol. The Morgan fingerprint density at radius 3 is 1.82 bits per heavy atom. The zero-order valence-corrected chi connectivity index (χ0v) is 29.7. The molecule has 1 aliphatic heterocycles. The van der Waals surface area contributed by atoms with Crippen molar-refractivity contribution in [2.24, 2.45) is 28.9 Å². The zero-order valence-electron chi connectivity index (χ0n) is 28.9. The normalized spacial score (nSPS) is 17.4. The summed E-state index contributed by atoms with van der Waals surface area (Å²) < 4.78 is 0. The second kappa shape index (κ2) is 22.3. The number of likely N-dealkylation sites (tertiary alicyclic amines) is 1. The summed E-state index contributed by atoms with van der Waals surface area (Å²) in [5, 5.41) is 20.4. The lowest BCUT2D eigenvalue weighted by atomic mass is 9.98. The Morgan fingerprint density at radius 2 is 1.35 bits per heavy atom. The number of nitrogens with two attached hydrogens (primary N) is 4. The minimum atomic E-state index is -1.71. The summed E-state index contributed by atoms with van der Waals surface area (Å²) in [5.74, 6) is -8.88. The number of primary amides is 2. The highest BCUT2D eigenvalue weighted by atomic mass is 32.1. The van der Waals surface area contributed by atoms with Crippen molar-refractivity contribution in [3.63, 3.8) is 0 Å². The van der Waals surface area contributed by atoms with Crippen molar-refractivity contribution < 1.29 is 48.3 Å². The van der Waals surface area contributed by atoms with Crippen LogP contribution in [0.25, 0.3) is 0 Å². The largest absolute Gasteiger partial charge is 0.480 e. The highest BCUT2D eigenvalue weighted by molar-refractivity contribution is 7.80. The van der Waals surface area contributed by atoms with Crippen LogP contribution in [0, 0.1) is 5.92 Å². The predicted octanol–water partition coefficient (Wildman–Crippen LogP) is -4.70. The van der Waals surface area contributed by atoms with Gasteiger partial charge in [0.05, 0.1) is 18.9 Å². The second-order valence-corrected chi connectivity index (χ2v) is 12.6. The number of carbonyl (C=O) groups excluding carboxylic acids is 8. The summed E-state index contributed by atoms with van der Waals surface area (Å²) in [6, 6.07) is -7.79. The lowest BCUT2D eigenvalue weighted by Crippen LogP contribution is -2.60. The maximum atomic E-state index is 13.3. The zero-order chi connectivity index (χ0) is 38.8. The van der Waals surface area contributed by atoms with Crippen LogP contribution in [0.2, 0.25) is 0 Å². The molecular formula is C30H52N10O10S. The molecule has 1 saturated heterocycles. The van der Waals surface area contributed by atoms with E-state index in [4.69, 9.17) is 28.0 Å². The first-order valence-corrected chi connectivity index (χ1v) is 17.2. The van der Waals surface area contributed by atoms with Crippen molar-refractivity contribution in [3.05, 3.63) is 0 Å². The highest BCUT2D eigenvalue weighted by Gasteiger charge is 2.39. The maximum absolute atomic E-state index is 13.3. The lowest BCUT2D eigenvalue weighted by Gasteiger charge is -2.30. The molecule has 0 aromatic rings. The topological polar surface area (TPSA) is 341 Å². The summed E-state index contributed by atoms with van der Waals surface area (Å²) in [6.45, 7) is 3.53. The minimum absolute atomic E-state index is 0.0280. The molecule has 7 atom stereocenters. The molecule has 0 aromatic heterocycles. The third kappa shape index (κ3) is 15.1. The number of hydrogen-bond acceptors (Lipinski definition) is 12. The molecule has 21 heteroatoms. The summed E-state index contributed by atoms with van der Waals surface area (Å²) in [5.41, 5.74) is 22.2. The van der Waals surface area contributed by atoms with Crippen LogP contribution in [0.3, 0.4) is 0 Å². The molecule has 20 nitrogen and oxygen atoms in total. The Bertz CT molecular complexity index is 1290. The van der Waals surface area contributed by atoms with Crippen LogP contribution >= 0.6 is 12.6 Å². The number of aliphatic carboxylic acids is 1. The molecule has 0 saturated carbocycles. The third-order valence-corrected chi connectivity index (χ3v) is 8.63. The molecule has 0 unspecified atom stereocenters. The van der Waals surface area contributed by atoms with Gasteiger partial charge in [0.2, 0.25) is 47.3 Å². The Hall–Kier alpha value is -4.50. The Kier molecular flexibility index (Phi) is 19.5.